The molecule has 0 saturated carbocycles. The molecule has 8 heteroatoms. The number of carbonyl (C=O) groups is 2. The smallest absolute Gasteiger partial charge is 0.243 e. The summed E-state index contributed by atoms with van der Waals surface area (Å²) in [7, 11) is 1.50. The van der Waals surface area contributed by atoms with Crippen LogP contribution in [0, 0.1) is 17.5 Å². The van der Waals surface area contributed by atoms with E-state index in [1.807, 2.05) is 0 Å². The summed E-state index contributed by atoms with van der Waals surface area (Å²) in [6, 6.07) is 8.43. The Bertz CT molecular complexity index is 797. The van der Waals surface area contributed by atoms with E-state index in [1.165, 1.54) is 7.11 Å². The molecular weight excluding hydrogens is 337 g/mol. The minimum absolute atomic E-state index is 0.0179. The molecule has 0 aromatic heterocycles. The second kappa shape index (κ2) is 8.18. The molecule has 25 heavy (non-hydrogen) atoms. The lowest BCUT2D eigenvalue weighted by atomic mass is 10.1. The predicted molar refractivity (Wildman–Crippen MR) is 84.7 cm³/mol. The minimum atomic E-state index is -1.68. The third kappa shape index (κ3) is 4.97. The molecule has 2 N–H and O–H groups in total. The monoisotopic (exact) mass is 352 g/mol. The molecule has 0 aliphatic carbocycles. The van der Waals surface area contributed by atoms with Crippen molar-refractivity contribution in [2.75, 3.05) is 19.0 Å². The maximum Gasteiger partial charge on any atom is 0.243 e. The van der Waals surface area contributed by atoms with E-state index in [2.05, 4.69) is 10.6 Å². The van der Waals surface area contributed by atoms with Crippen LogP contribution in [0.2, 0.25) is 0 Å². The summed E-state index contributed by atoms with van der Waals surface area (Å²) in [4.78, 5) is 23.5. The quantitative estimate of drug-likeness (QED) is 0.785. The van der Waals surface area contributed by atoms with Gasteiger partial charge in [-0.2, -0.15) is 0 Å². The molecular formula is C17H15F3N2O3. The van der Waals surface area contributed by atoms with E-state index in [-0.39, 0.29) is 6.42 Å². The maximum absolute atomic E-state index is 13.5. The lowest BCUT2D eigenvalue weighted by molar-refractivity contribution is -0.123. The summed E-state index contributed by atoms with van der Waals surface area (Å²) < 4.78 is 44.4. The van der Waals surface area contributed by atoms with Crippen molar-refractivity contribution in [2.45, 2.75) is 6.42 Å². The summed E-state index contributed by atoms with van der Waals surface area (Å²) in [5.41, 5.74) is 0.176. The lowest BCUT2D eigenvalue weighted by Crippen LogP contribution is -2.34. The summed E-state index contributed by atoms with van der Waals surface area (Å²) in [6.45, 7) is -0.443. The number of hydrogen-bond acceptors (Lipinski definition) is 3. The van der Waals surface area contributed by atoms with Crippen LogP contribution in [0.15, 0.2) is 36.4 Å². The van der Waals surface area contributed by atoms with Crippen molar-refractivity contribution in [1.29, 1.82) is 0 Å². The molecule has 132 valence electrons. The average Bonchev–Trinajstić information content (AvgIpc) is 2.60. The number of nitrogens with one attached hydrogen (secondary N) is 2. The van der Waals surface area contributed by atoms with Gasteiger partial charge < -0.3 is 15.4 Å². The number of amides is 2. The van der Waals surface area contributed by atoms with Gasteiger partial charge in [-0.3, -0.25) is 9.59 Å². The van der Waals surface area contributed by atoms with Crippen molar-refractivity contribution in [2.24, 2.45) is 0 Å². The zero-order valence-corrected chi connectivity index (χ0v) is 13.2. The minimum Gasteiger partial charge on any atom is -0.497 e. The summed E-state index contributed by atoms with van der Waals surface area (Å²) in [6.07, 6.45) is 0.0179. The highest BCUT2D eigenvalue weighted by Gasteiger charge is 2.15. The van der Waals surface area contributed by atoms with Crippen LogP contribution in [0.25, 0.3) is 0 Å². The fourth-order valence-corrected chi connectivity index (χ4v) is 2.03. The fraction of sp³-hybridized carbons (Fsp3) is 0.176. The van der Waals surface area contributed by atoms with E-state index in [0.29, 0.717) is 17.4 Å². The second-order valence-electron chi connectivity index (χ2n) is 5.08. The third-order valence-electron chi connectivity index (χ3n) is 3.25. The van der Waals surface area contributed by atoms with Crippen molar-refractivity contribution in [3.8, 4) is 5.75 Å². The zero-order valence-electron chi connectivity index (χ0n) is 13.2. The van der Waals surface area contributed by atoms with E-state index < -0.39 is 41.5 Å². The van der Waals surface area contributed by atoms with Crippen LogP contribution in [0.5, 0.6) is 5.75 Å². The Labute approximate surface area is 141 Å². The molecule has 2 aromatic carbocycles. The number of rotatable bonds is 6. The lowest BCUT2D eigenvalue weighted by Gasteiger charge is -2.09. The number of hydrogen-bond donors (Lipinski definition) is 2. The first kappa shape index (κ1) is 18.3. The molecule has 2 rings (SSSR count). The Hall–Kier alpha value is -3.03. The highest BCUT2D eigenvalue weighted by atomic mass is 19.2. The van der Waals surface area contributed by atoms with Gasteiger partial charge in [0, 0.05) is 0 Å². The molecule has 0 aliphatic rings. The van der Waals surface area contributed by atoms with Crippen molar-refractivity contribution in [1.82, 2.24) is 5.32 Å². The second-order valence-corrected chi connectivity index (χ2v) is 5.08. The van der Waals surface area contributed by atoms with Gasteiger partial charge in [0.1, 0.15) is 5.75 Å². The molecule has 5 nitrogen and oxygen atoms in total. The van der Waals surface area contributed by atoms with Crippen LogP contribution >= 0.6 is 0 Å². The average molecular weight is 352 g/mol. The van der Waals surface area contributed by atoms with Gasteiger partial charge in [-0.25, -0.2) is 13.2 Å². The normalized spacial score (nSPS) is 10.2. The first-order valence-electron chi connectivity index (χ1n) is 7.23. The first-order valence-corrected chi connectivity index (χ1v) is 7.23. The highest BCUT2D eigenvalue weighted by molar-refractivity contribution is 5.94. The van der Waals surface area contributed by atoms with E-state index >= 15 is 0 Å². The standard InChI is InChI=1S/C17H15F3N2O3/c1-25-11-4-2-3-10(7-11)8-14(23)21-9-15(24)22-13-6-5-12(18)16(19)17(13)20/h2-7H,8-9H2,1H3,(H,21,23)(H,22,24). The van der Waals surface area contributed by atoms with Crippen LogP contribution in [0.3, 0.4) is 0 Å². The molecule has 0 atom stereocenters. The third-order valence-corrected chi connectivity index (χ3v) is 3.25. The van der Waals surface area contributed by atoms with E-state index in [9.17, 15) is 22.8 Å². The number of ether oxygens (including phenoxy) is 1. The molecule has 0 unspecified atom stereocenters. The van der Waals surface area contributed by atoms with E-state index in [0.717, 1.165) is 6.07 Å². The number of anilines is 1. The molecule has 0 spiro atoms. The van der Waals surface area contributed by atoms with Gasteiger partial charge in [-0.1, -0.05) is 12.1 Å². The van der Waals surface area contributed by atoms with E-state index in [1.54, 1.807) is 24.3 Å². The fourth-order valence-electron chi connectivity index (χ4n) is 2.03. The van der Waals surface area contributed by atoms with Crippen LogP contribution in [0.1, 0.15) is 5.56 Å². The first-order chi connectivity index (χ1) is 11.9. The van der Waals surface area contributed by atoms with Crippen molar-refractivity contribution in [3.05, 3.63) is 59.4 Å². The zero-order chi connectivity index (χ0) is 18.4. The molecule has 0 aliphatic heterocycles. The van der Waals surface area contributed by atoms with Crippen molar-refractivity contribution in [3.63, 3.8) is 0 Å². The van der Waals surface area contributed by atoms with Gasteiger partial charge in [0.2, 0.25) is 11.8 Å². The van der Waals surface area contributed by atoms with Crippen LogP contribution in [-0.4, -0.2) is 25.5 Å². The van der Waals surface area contributed by atoms with Crippen LogP contribution in [0.4, 0.5) is 18.9 Å². The van der Waals surface area contributed by atoms with Gasteiger partial charge >= 0.3 is 0 Å². The molecule has 0 saturated heterocycles. The Morgan fingerprint density at radius 1 is 1.04 bits per heavy atom. The van der Waals surface area contributed by atoms with Gasteiger partial charge in [0.25, 0.3) is 0 Å². The highest BCUT2D eigenvalue weighted by Crippen LogP contribution is 2.19. The molecule has 2 aromatic rings. The Morgan fingerprint density at radius 3 is 2.52 bits per heavy atom. The van der Waals surface area contributed by atoms with E-state index in [4.69, 9.17) is 4.74 Å². The van der Waals surface area contributed by atoms with Gasteiger partial charge in [-0.05, 0) is 29.8 Å². The summed E-state index contributed by atoms with van der Waals surface area (Å²) in [5.74, 6) is -5.16. The molecule has 0 radical (unpaired) electrons. The predicted octanol–water partition coefficient (Wildman–Crippen LogP) is 2.41. The summed E-state index contributed by atoms with van der Waals surface area (Å²) >= 11 is 0. The topological polar surface area (TPSA) is 67.4 Å². The number of carbonyl (C=O) groups excluding carboxylic acids is 2. The van der Waals surface area contributed by atoms with Crippen molar-refractivity contribution < 1.29 is 27.5 Å². The van der Waals surface area contributed by atoms with Gasteiger partial charge in [-0.15, -0.1) is 0 Å². The SMILES string of the molecule is COc1cccc(CC(=O)NCC(=O)Nc2ccc(F)c(F)c2F)c1. The Morgan fingerprint density at radius 2 is 1.80 bits per heavy atom. The van der Waals surface area contributed by atoms with Gasteiger partial charge in [0.15, 0.2) is 17.5 Å². The number of methoxy groups -OCH3 is 1. The Balaban J connectivity index is 1.87. The molecule has 0 fully saturated rings. The van der Waals surface area contributed by atoms with Crippen LogP contribution < -0.4 is 15.4 Å². The number of benzene rings is 2. The largest absolute Gasteiger partial charge is 0.497 e. The molecule has 2 amide bonds. The molecule has 0 heterocycles. The number of halogens is 3. The summed E-state index contributed by atoms with van der Waals surface area (Å²) in [5, 5.41) is 4.41. The van der Waals surface area contributed by atoms with Gasteiger partial charge in [0.05, 0.1) is 25.8 Å². The maximum atomic E-state index is 13.5. The Kier molecular flexibility index (Phi) is 5.99. The molecule has 0 bridgehead atoms. The van der Waals surface area contributed by atoms with Crippen molar-refractivity contribution >= 4 is 17.5 Å². The van der Waals surface area contributed by atoms with Crippen LogP contribution in [-0.2, 0) is 16.0 Å².